The molecule has 2 rings (SSSR count). The molecular weight excluding hydrogens is 270 g/mol. The lowest BCUT2D eigenvalue weighted by Gasteiger charge is -2.11. The third kappa shape index (κ3) is 2.59. The van der Waals surface area contributed by atoms with Crippen LogP contribution in [0.2, 0.25) is 0 Å². The largest absolute Gasteiger partial charge is 0.328 e. The average molecular weight is 284 g/mol. The molecule has 0 aliphatic heterocycles. The number of hydrogen-bond acceptors (Lipinski definition) is 3. The summed E-state index contributed by atoms with van der Waals surface area (Å²) in [5, 5.41) is 2.87. The lowest BCUT2D eigenvalue weighted by Crippen LogP contribution is -2.23. The molecule has 16 heavy (non-hydrogen) atoms. The van der Waals surface area contributed by atoms with Crippen molar-refractivity contribution < 1.29 is 4.79 Å². The van der Waals surface area contributed by atoms with Gasteiger partial charge in [0, 0.05) is 18.2 Å². The van der Waals surface area contributed by atoms with Crippen LogP contribution in [0.1, 0.15) is 19.3 Å². The van der Waals surface area contributed by atoms with E-state index in [0.717, 1.165) is 19.3 Å². The number of anilines is 1. The van der Waals surface area contributed by atoms with E-state index in [1.54, 1.807) is 12.3 Å². The minimum Gasteiger partial charge on any atom is -0.328 e. The molecule has 1 amide bonds. The first-order valence-corrected chi connectivity index (χ1v) is 6.13. The first-order valence-electron chi connectivity index (χ1n) is 5.34. The van der Waals surface area contributed by atoms with E-state index in [1.165, 1.54) is 0 Å². The van der Waals surface area contributed by atoms with Crippen LogP contribution in [0.3, 0.4) is 0 Å². The van der Waals surface area contributed by atoms with E-state index in [2.05, 4.69) is 26.2 Å². The van der Waals surface area contributed by atoms with Gasteiger partial charge in [-0.25, -0.2) is 4.98 Å². The molecule has 0 spiro atoms. The van der Waals surface area contributed by atoms with E-state index in [9.17, 15) is 4.79 Å². The van der Waals surface area contributed by atoms with Gasteiger partial charge in [0.1, 0.15) is 4.60 Å². The maximum atomic E-state index is 11.9. The summed E-state index contributed by atoms with van der Waals surface area (Å²) in [7, 11) is 0. The molecule has 1 aliphatic carbocycles. The Bertz CT molecular complexity index is 397. The van der Waals surface area contributed by atoms with Gasteiger partial charge in [-0.3, -0.25) is 4.79 Å². The SMILES string of the molecule is NC1CCC(C(=O)Nc2cccnc2Br)C1. The van der Waals surface area contributed by atoms with Crippen LogP contribution < -0.4 is 11.1 Å². The van der Waals surface area contributed by atoms with Crippen LogP contribution >= 0.6 is 15.9 Å². The number of carbonyl (C=O) groups excluding carboxylic acids is 1. The quantitative estimate of drug-likeness (QED) is 0.815. The van der Waals surface area contributed by atoms with Crippen LogP contribution in [-0.4, -0.2) is 16.9 Å². The second-order valence-electron chi connectivity index (χ2n) is 4.10. The van der Waals surface area contributed by atoms with Crippen molar-refractivity contribution in [3.63, 3.8) is 0 Å². The van der Waals surface area contributed by atoms with E-state index in [1.807, 2.05) is 6.07 Å². The second-order valence-corrected chi connectivity index (χ2v) is 4.85. The molecule has 3 N–H and O–H groups in total. The van der Waals surface area contributed by atoms with Crippen LogP contribution in [0.5, 0.6) is 0 Å². The molecule has 4 nitrogen and oxygen atoms in total. The smallest absolute Gasteiger partial charge is 0.227 e. The van der Waals surface area contributed by atoms with Crippen molar-refractivity contribution in [2.45, 2.75) is 25.3 Å². The highest BCUT2D eigenvalue weighted by Gasteiger charge is 2.27. The minimum atomic E-state index is 0.0432. The fourth-order valence-corrected chi connectivity index (χ4v) is 2.32. The van der Waals surface area contributed by atoms with Crippen molar-refractivity contribution in [3.05, 3.63) is 22.9 Å². The highest BCUT2D eigenvalue weighted by atomic mass is 79.9. The predicted molar refractivity (Wildman–Crippen MR) is 65.9 cm³/mol. The molecule has 2 atom stereocenters. The second kappa shape index (κ2) is 4.93. The number of hydrogen-bond donors (Lipinski definition) is 2. The van der Waals surface area contributed by atoms with Crippen molar-refractivity contribution in [1.29, 1.82) is 0 Å². The lowest BCUT2D eigenvalue weighted by molar-refractivity contribution is -0.119. The first kappa shape index (κ1) is 11.5. The van der Waals surface area contributed by atoms with E-state index < -0.39 is 0 Å². The number of carbonyl (C=O) groups is 1. The van der Waals surface area contributed by atoms with Gasteiger partial charge >= 0.3 is 0 Å². The Kier molecular flexibility index (Phi) is 3.56. The van der Waals surface area contributed by atoms with Gasteiger partial charge in [0.15, 0.2) is 0 Å². The summed E-state index contributed by atoms with van der Waals surface area (Å²) < 4.78 is 0.658. The zero-order valence-corrected chi connectivity index (χ0v) is 10.4. The van der Waals surface area contributed by atoms with E-state index >= 15 is 0 Å². The predicted octanol–water partition coefficient (Wildman–Crippen LogP) is 1.91. The topological polar surface area (TPSA) is 68.0 Å². The van der Waals surface area contributed by atoms with E-state index in [4.69, 9.17) is 5.73 Å². The van der Waals surface area contributed by atoms with Crippen LogP contribution in [0.15, 0.2) is 22.9 Å². The number of nitrogens with one attached hydrogen (secondary N) is 1. The summed E-state index contributed by atoms with van der Waals surface area (Å²) >= 11 is 3.29. The van der Waals surface area contributed by atoms with Gasteiger partial charge in [-0.15, -0.1) is 0 Å². The van der Waals surface area contributed by atoms with Crippen molar-refractivity contribution in [2.24, 2.45) is 11.7 Å². The summed E-state index contributed by atoms with van der Waals surface area (Å²) in [6.07, 6.45) is 4.27. The Labute approximate surface area is 103 Å². The molecule has 5 heteroatoms. The molecule has 0 bridgehead atoms. The number of halogens is 1. The minimum absolute atomic E-state index is 0.0432. The van der Waals surface area contributed by atoms with Crippen molar-refractivity contribution in [3.8, 4) is 0 Å². The Morgan fingerprint density at radius 3 is 3.00 bits per heavy atom. The van der Waals surface area contributed by atoms with Crippen LogP contribution in [0, 0.1) is 5.92 Å². The maximum absolute atomic E-state index is 11.9. The van der Waals surface area contributed by atoms with Gasteiger partial charge in [0.05, 0.1) is 5.69 Å². The third-order valence-electron chi connectivity index (χ3n) is 2.86. The number of aromatic nitrogens is 1. The molecule has 0 aromatic carbocycles. The lowest BCUT2D eigenvalue weighted by atomic mass is 10.1. The van der Waals surface area contributed by atoms with Gasteiger partial charge in [-0.05, 0) is 47.3 Å². The zero-order chi connectivity index (χ0) is 11.5. The molecule has 2 unspecified atom stereocenters. The van der Waals surface area contributed by atoms with Gasteiger partial charge < -0.3 is 11.1 Å². The summed E-state index contributed by atoms with van der Waals surface area (Å²) in [5.74, 6) is 0.0868. The highest BCUT2D eigenvalue weighted by molar-refractivity contribution is 9.10. The number of pyridine rings is 1. The van der Waals surface area contributed by atoms with Crippen LogP contribution in [0.4, 0.5) is 5.69 Å². The summed E-state index contributed by atoms with van der Waals surface area (Å²) in [5.41, 5.74) is 6.50. The monoisotopic (exact) mass is 283 g/mol. The molecule has 0 radical (unpaired) electrons. The third-order valence-corrected chi connectivity index (χ3v) is 3.49. The molecule has 1 aromatic heterocycles. The molecule has 1 saturated carbocycles. The summed E-state index contributed by atoms with van der Waals surface area (Å²) in [6, 6.07) is 3.79. The number of amides is 1. The van der Waals surface area contributed by atoms with Gasteiger partial charge in [0.2, 0.25) is 5.91 Å². The molecule has 0 saturated heterocycles. The highest BCUT2D eigenvalue weighted by Crippen LogP contribution is 2.26. The van der Waals surface area contributed by atoms with Crippen molar-refractivity contribution >= 4 is 27.5 Å². The summed E-state index contributed by atoms with van der Waals surface area (Å²) in [6.45, 7) is 0. The van der Waals surface area contributed by atoms with Crippen LogP contribution in [-0.2, 0) is 4.79 Å². The first-order chi connectivity index (χ1) is 7.66. The maximum Gasteiger partial charge on any atom is 0.227 e. The fraction of sp³-hybridized carbons (Fsp3) is 0.455. The van der Waals surface area contributed by atoms with E-state index in [-0.39, 0.29) is 17.9 Å². The average Bonchev–Trinajstić information content (AvgIpc) is 2.68. The molecule has 1 aromatic rings. The Morgan fingerprint density at radius 1 is 1.56 bits per heavy atom. The Morgan fingerprint density at radius 2 is 2.38 bits per heavy atom. The standard InChI is InChI=1S/C11H14BrN3O/c12-10-9(2-1-5-14-10)15-11(16)7-3-4-8(13)6-7/h1-2,5,7-8H,3-4,6,13H2,(H,15,16). The van der Waals surface area contributed by atoms with Crippen molar-refractivity contribution in [1.82, 2.24) is 4.98 Å². The zero-order valence-electron chi connectivity index (χ0n) is 8.82. The fourth-order valence-electron chi connectivity index (χ4n) is 1.97. The molecular formula is C11H14BrN3O. The van der Waals surface area contributed by atoms with Gasteiger partial charge in [-0.1, -0.05) is 0 Å². The molecule has 1 fully saturated rings. The molecule has 86 valence electrons. The molecule has 1 aliphatic rings. The van der Waals surface area contributed by atoms with Crippen LogP contribution in [0.25, 0.3) is 0 Å². The van der Waals surface area contributed by atoms with E-state index in [0.29, 0.717) is 10.3 Å². The van der Waals surface area contributed by atoms with Crippen molar-refractivity contribution in [2.75, 3.05) is 5.32 Å². The Hall–Kier alpha value is -0.940. The number of nitrogens with zero attached hydrogens (tertiary/aromatic N) is 1. The van der Waals surface area contributed by atoms with Gasteiger partial charge in [0.25, 0.3) is 0 Å². The molecule has 1 heterocycles. The Balaban J connectivity index is 2.00. The number of rotatable bonds is 2. The van der Waals surface area contributed by atoms with Gasteiger partial charge in [-0.2, -0.15) is 0 Å². The number of nitrogens with two attached hydrogens (primary N) is 1. The summed E-state index contributed by atoms with van der Waals surface area (Å²) in [4.78, 5) is 15.9. The normalized spacial score (nSPS) is 24.4.